The number of ether oxygens (including phenoxy) is 4. The van der Waals surface area contributed by atoms with Gasteiger partial charge >= 0.3 is 24.5 Å². The van der Waals surface area contributed by atoms with E-state index in [0.717, 1.165) is 0 Å². The number of carbonyl (C=O) groups excluding carboxylic acids is 2. The molecule has 0 aromatic carbocycles. The normalized spacial score (nSPS) is 25.6. The Morgan fingerprint density at radius 2 is 1.20 bits per heavy atom. The van der Waals surface area contributed by atoms with Gasteiger partial charge in [-0.2, -0.15) is 26.3 Å². The van der Waals surface area contributed by atoms with E-state index >= 15 is 0 Å². The molecular weight excluding hydrogens is 546 g/mol. The summed E-state index contributed by atoms with van der Waals surface area (Å²) in [4.78, 5) is 23.5. The van der Waals surface area contributed by atoms with Gasteiger partial charge in [-0.15, -0.1) is 0 Å². The van der Waals surface area contributed by atoms with Crippen LogP contribution in [0.4, 0.5) is 31.1 Å². The lowest BCUT2D eigenvalue weighted by molar-refractivity contribution is -0.383. The van der Waals surface area contributed by atoms with Gasteiger partial charge in [-0.1, -0.05) is 13.5 Å². The zero-order valence-corrected chi connectivity index (χ0v) is 23.9. The Labute approximate surface area is 232 Å². The first kappa shape index (κ1) is 34.2. The number of alkyl halides is 6. The topological polar surface area (TPSA) is 71.1 Å². The zero-order valence-electron chi connectivity index (χ0n) is 23.9. The van der Waals surface area contributed by atoms with Crippen molar-refractivity contribution < 1.29 is 54.9 Å². The summed E-state index contributed by atoms with van der Waals surface area (Å²) < 4.78 is 108. The molecule has 2 fully saturated rings. The van der Waals surface area contributed by atoms with Crippen LogP contribution in [0, 0.1) is 23.2 Å². The van der Waals surface area contributed by atoms with Crippen LogP contribution in [-0.4, -0.2) is 55.5 Å². The molecule has 0 radical (unpaired) electrons. The van der Waals surface area contributed by atoms with Crippen LogP contribution < -0.4 is 0 Å². The highest BCUT2D eigenvalue weighted by Crippen LogP contribution is 2.64. The molecule has 0 aromatic rings. The summed E-state index contributed by atoms with van der Waals surface area (Å²) in [6, 6.07) is 0. The predicted molar refractivity (Wildman–Crippen MR) is 134 cm³/mol. The van der Waals surface area contributed by atoms with E-state index in [-0.39, 0.29) is 82.2 Å². The molecule has 2 aliphatic carbocycles. The number of halogens is 6. The summed E-state index contributed by atoms with van der Waals surface area (Å²) >= 11 is 0. The summed E-state index contributed by atoms with van der Waals surface area (Å²) in [7, 11) is 0. The molecule has 0 amide bonds. The van der Waals surface area contributed by atoms with Crippen molar-refractivity contribution in [3.05, 3.63) is 12.2 Å². The highest BCUT2D eigenvalue weighted by Gasteiger charge is 2.76. The standard InChI is InChI=1S/C28H42F6O6/c1-17(2)23(35)37-15-18(3)16-38-24(36)39-21-11-7-19(8-12-21)26(27(29,30)31,28(32,33)34)20-9-13-22(14-10-20)40-25(4,5)6/h18-22H,1,7-16H2,2-6H3. The van der Waals surface area contributed by atoms with Crippen LogP contribution in [0.25, 0.3) is 0 Å². The van der Waals surface area contributed by atoms with Gasteiger partial charge in [-0.25, -0.2) is 9.59 Å². The van der Waals surface area contributed by atoms with E-state index in [4.69, 9.17) is 18.9 Å². The summed E-state index contributed by atoms with van der Waals surface area (Å²) in [5, 5.41) is 0. The smallest absolute Gasteiger partial charge is 0.462 e. The molecule has 0 heterocycles. The minimum Gasteiger partial charge on any atom is -0.462 e. The molecule has 0 aromatic heterocycles. The molecule has 0 N–H and O–H groups in total. The van der Waals surface area contributed by atoms with E-state index in [9.17, 15) is 35.9 Å². The molecule has 0 saturated heterocycles. The molecule has 1 atom stereocenters. The van der Waals surface area contributed by atoms with Gasteiger partial charge in [0, 0.05) is 11.5 Å². The predicted octanol–water partition coefficient (Wildman–Crippen LogP) is 7.94. The molecule has 2 saturated carbocycles. The van der Waals surface area contributed by atoms with Crippen molar-refractivity contribution in [3.63, 3.8) is 0 Å². The third kappa shape index (κ3) is 8.76. The third-order valence-electron chi connectivity index (χ3n) is 7.69. The molecule has 0 spiro atoms. The van der Waals surface area contributed by atoms with E-state index in [1.54, 1.807) is 27.7 Å². The van der Waals surface area contributed by atoms with E-state index in [1.807, 2.05) is 0 Å². The minimum absolute atomic E-state index is 0.0364. The van der Waals surface area contributed by atoms with Crippen LogP contribution in [-0.2, 0) is 23.7 Å². The quantitative estimate of drug-likeness (QED) is 0.155. The third-order valence-corrected chi connectivity index (χ3v) is 7.69. The Kier molecular flexibility index (Phi) is 11.4. The monoisotopic (exact) mass is 588 g/mol. The van der Waals surface area contributed by atoms with E-state index in [1.165, 1.54) is 6.92 Å². The van der Waals surface area contributed by atoms with Crippen LogP contribution >= 0.6 is 0 Å². The van der Waals surface area contributed by atoms with Crippen molar-refractivity contribution in [2.75, 3.05) is 13.2 Å². The van der Waals surface area contributed by atoms with Crippen molar-refractivity contribution in [1.82, 2.24) is 0 Å². The summed E-state index contributed by atoms with van der Waals surface area (Å²) in [5.74, 6) is -4.25. The lowest BCUT2D eigenvalue weighted by Crippen LogP contribution is -2.61. The zero-order chi connectivity index (χ0) is 30.5. The Balaban J connectivity index is 2.01. The summed E-state index contributed by atoms with van der Waals surface area (Å²) in [6.07, 6.45) is -14.5. The van der Waals surface area contributed by atoms with E-state index in [2.05, 4.69) is 6.58 Å². The average molecular weight is 589 g/mol. The van der Waals surface area contributed by atoms with Crippen molar-refractivity contribution in [1.29, 1.82) is 0 Å². The molecule has 0 aliphatic heterocycles. The lowest BCUT2D eigenvalue weighted by atomic mass is 9.57. The number of hydrogen-bond acceptors (Lipinski definition) is 6. The second-order valence-corrected chi connectivity index (χ2v) is 12.2. The Morgan fingerprint density at radius 1 is 0.775 bits per heavy atom. The number of hydrogen-bond donors (Lipinski definition) is 0. The largest absolute Gasteiger partial charge is 0.508 e. The van der Waals surface area contributed by atoms with Gasteiger partial charge in [0.1, 0.15) is 12.7 Å². The van der Waals surface area contributed by atoms with Crippen molar-refractivity contribution in [2.45, 2.75) is 116 Å². The van der Waals surface area contributed by atoms with Gasteiger partial charge in [-0.05, 0) is 90.9 Å². The molecule has 40 heavy (non-hydrogen) atoms. The Morgan fingerprint density at radius 3 is 1.60 bits per heavy atom. The van der Waals surface area contributed by atoms with Gasteiger partial charge in [0.2, 0.25) is 0 Å². The van der Waals surface area contributed by atoms with Gasteiger partial charge in [-0.3, -0.25) is 0 Å². The molecule has 232 valence electrons. The number of esters is 1. The van der Waals surface area contributed by atoms with Crippen LogP contribution in [0.2, 0.25) is 0 Å². The van der Waals surface area contributed by atoms with Gasteiger partial charge in [0.15, 0.2) is 5.41 Å². The van der Waals surface area contributed by atoms with Crippen molar-refractivity contribution >= 4 is 12.1 Å². The van der Waals surface area contributed by atoms with Gasteiger partial charge in [0.25, 0.3) is 0 Å². The maximum absolute atomic E-state index is 14.6. The SMILES string of the molecule is C=C(C)C(=O)OCC(C)COC(=O)OC1CCC(C(C2CCC(OC(C)(C)C)CC2)(C(F)(F)F)C(F)(F)F)CC1. The Bertz CT molecular complexity index is 848. The number of carbonyl (C=O) groups is 2. The van der Waals surface area contributed by atoms with Gasteiger partial charge < -0.3 is 18.9 Å². The maximum atomic E-state index is 14.6. The highest BCUT2D eigenvalue weighted by atomic mass is 19.4. The fraction of sp³-hybridized carbons (Fsp3) is 0.857. The first-order valence-electron chi connectivity index (χ1n) is 13.7. The van der Waals surface area contributed by atoms with Crippen LogP contribution in [0.5, 0.6) is 0 Å². The second kappa shape index (κ2) is 13.3. The minimum atomic E-state index is -5.49. The number of rotatable bonds is 9. The van der Waals surface area contributed by atoms with Crippen LogP contribution in [0.15, 0.2) is 12.2 Å². The summed E-state index contributed by atoms with van der Waals surface area (Å²) in [6.45, 7) is 11.8. The van der Waals surface area contributed by atoms with Gasteiger partial charge in [0.05, 0.1) is 18.3 Å². The molecule has 1 unspecified atom stereocenters. The molecule has 2 rings (SSSR count). The fourth-order valence-electron chi connectivity index (χ4n) is 5.96. The Hall–Kier alpha value is -1.98. The highest BCUT2D eigenvalue weighted by molar-refractivity contribution is 5.86. The first-order chi connectivity index (χ1) is 18.3. The molecule has 2 aliphatic rings. The molecule has 12 heteroatoms. The van der Waals surface area contributed by atoms with Crippen molar-refractivity contribution in [3.8, 4) is 0 Å². The van der Waals surface area contributed by atoms with E-state index < -0.39 is 53.4 Å². The molecular formula is C28H42F6O6. The molecule has 0 bridgehead atoms. The molecule has 6 nitrogen and oxygen atoms in total. The first-order valence-corrected chi connectivity index (χ1v) is 13.7. The van der Waals surface area contributed by atoms with Crippen LogP contribution in [0.1, 0.15) is 86.0 Å². The van der Waals surface area contributed by atoms with E-state index in [0.29, 0.717) is 0 Å². The maximum Gasteiger partial charge on any atom is 0.508 e. The average Bonchev–Trinajstić information content (AvgIpc) is 2.81. The second-order valence-electron chi connectivity index (χ2n) is 12.2. The van der Waals surface area contributed by atoms with Crippen molar-refractivity contribution in [2.24, 2.45) is 23.2 Å². The fourth-order valence-corrected chi connectivity index (χ4v) is 5.96. The lowest BCUT2D eigenvalue weighted by Gasteiger charge is -2.51. The van der Waals surface area contributed by atoms with Crippen LogP contribution in [0.3, 0.4) is 0 Å². The summed E-state index contributed by atoms with van der Waals surface area (Å²) in [5.41, 5.74) is -4.17.